The van der Waals surface area contributed by atoms with Crippen molar-refractivity contribution in [2.24, 2.45) is 0 Å². The number of aromatic nitrogens is 1. The summed E-state index contributed by atoms with van der Waals surface area (Å²) in [5.74, 6) is 0. The number of hydrogen-bond donors (Lipinski definition) is 1. The number of anilines is 1. The van der Waals surface area contributed by atoms with Gasteiger partial charge in [0.1, 0.15) is 10.7 Å². The van der Waals surface area contributed by atoms with Crippen LogP contribution in [0.25, 0.3) is 0 Å². The van der Waals surface area contributed by atoms with E-state index in [4.69, 9.17) is 11.6 Å². The summed E-state index contributed by atoms with van der Waals surface area (Å²) in [5.41, 5.74) is 0.605. The Hall–Kier alpha value is -1.79. The third-order valence-electron chi connectivity index (χ3n) is 2.66. The Labute approximate surface area is 131 Å². The zero-order valence-electron chi connectivity index (χ0n) is 11.4. The Balaban J connectivity index is 2.33. The van der Waals surface area contributed by atoms with Gasteiger partial charge in [-0.15, -0.1) is 0 Å². The van der Waals surface area contributed by atoms with E-state index in [1.165, 1.54) is 18.0 Å². The molecule has 1 N–H and O–H groups in total. The van der Waals surface area contributed by atoms with Crippen molar-refractivity contribution in [3.8, 4) is 0 Å². The molecule has 21 heavy (non-hydrogen) atoms. The van der Waals surface area contributed by atoms with Crippen LogP contribution in [0.1, 0.15) is 13.3 Å². The van der Waals surface area contributed by atoms with Crippen molar-refractivity contribution in [3.63, 3.8) is 0 Å². The van der Waals surface area contributed by atoms with E-state index >= 15 is 0 Å². The molecule has 0 atom stereocenters. The number of nitro benzene ring substituents is 1. The second-order valence-corrected chi connectivity index (χ2v) is 5.75. The first-order chi connectivity index (χ1) is 10.1. The molecule has 2 rings (SSSR count). The maximum absolute atomic E-state index is 11.4. The van der Waals surface area contributed by atoms with Crippen molar-refractivity contribution < 1.29 is 4.92 Å². The molecule has 0 unspecified atom stereocenters. The number of pyridine rings is 1. The third-order valence-corrected chi connectivity index (χ3v) is 3.89. The van der Waals surface area contributed by atoms with Gasteiger partial charge in [0, 0.05) is 12.7 Å². The largest absolute Gasteiger partial charge is 0.379 e. The fourth-order valence-electron chi connectivity index (χ4n) is 1.73. The topological polar surface area (TPSA) is 68.1 Å². The molecule has 0 aliphatic rings. The van der Waals surface area contributed by atoms with Gasteiger partial charge in [0.2, 0.25) is 0 Å². The van der Waals surface area contributed by atoms with Gasteiger partial charge in [-0.2, -0.15) is 0 Å². The Morgan fingerprint density at radius 2 is 2.19 bits per heavy atom. The first-order valence-electron chi connectivity index (χ1n) is 6.42. The quantitative estimate of drug-likeness (QED) is 0.620. The van der Waals surface area contributed by atoms with Crippen LogP contribution in [0.2, 0.25) is 5.02 Å². The number of benzene rings is 1. The van der Waals surface area contributed by atoms with E-state index in [2.05, 4.69) is 10.3 Å². The van der Waals surface area contributed by atoms with Crippen molar-refractivity contribution >= 4 is 34.7 Å². The van der Waals surface area contributed by atoms with Crippen LogP contribution in [-0.2, 0) is 0 Å². The van der Waals surface area contributed by atoms with Crippen molar-refractivity contribution in [2.75, 3.05) is 11.9 Å². The molecule has 0 spiro atoms. The Bertz CT molecular complexity index is 635. The molecule has 1 heterocycles. The highest BCUT2D eigenvalue weighted by Gasteiger charge is 2.20. The molecule has 2 aromatic rings. The van der Waals surface area contributed by atoms with Gasteiger partial charge >= 0.3 is 5.69 Å². The van der Waals surface area contributed by atoms with Crippen LogP contribution >= 0.6 is 23.4 Å². The number of nitro groups is 1. The predicted molar refractivity (Wildman–Crippen MR) is 85.2 cm³/mol. The van der Waals surface area contributed by atoms with Crippen LogP contribution in [-0.4, -0.2) is 16.5 Å². The molecule has 1 aromatic carbocycles. The summed E-state index contributed by atoms with van der Waals surface area (Å²) < 4.78 is 0. The van der Waals surface area contributed by atoms with Crippen molar-refractivity contribution in [2.45, 2.75) is 23.3 Å². The maximum atomic E-state index is 11.4. The predicted octanol–water partition coefficient (Wildman–Crippen LogP) is 4.62. The first kappa shape index (κ1) is 15.6. The van der Waals surface area contributed by atoms with E-state index < -0.39 is 0 Å². The molecule has 0 saturated carbocycles. The van der Waals surface area contributed by atoms with E-state index in [1.54, 1.807) is 30.3 Å². The minimum atomic E-state index is -0.365. The summed E-state index contributed by atoms with van der Waals surface area (Å²) in [5, 5.41) is 15.6. The van der Waals surface area contributed by atoms with Gasteiger partial charge in [-0.05, 0) is 30.7 Å². The molecule has 5 nitrogen and oxygen atoms in total. The maximum Gasteiger partial charge on any atom is 0.306 e. The fraction of sp³-hybridized carbons (Fsp3) is 0.214. The molecule has 0 aliphatic heterocycles. The Kier molecular flexibility index (Phi) is 5.41. The van der Waals surface area contributed by atoms with Gasteiger partial charge in [0.25, 0.3) is 0 Å². The van der Waals surface area contributed by atoms with Crippen molar-refractivity contribution in [1.82, 2.24) is 4.98 Å². The standard InChI is InChI=1S/C14H14ClN3O2S/c1-2-8-16-11-4-3-5-12(14(11)18(19)20)21-13-7-6-10(15)9-17-13/h3-7,9,16H,2,8H2,1H3. The number of nitrogens with one attached hydrogen (secondary N) is 1. The Morgan fingerprint density at radius 3 is 2.81 bits per heavy atom. The molecular weight excluding hydrogens is 310 g/mol. The monoisotopic (exact) mass is 323 g/mol. The number of para-hydroxylation sites is 1. The molecule has 7 heteroatoms. The highest BCUT2D eigenvalue weighted by molar-refractivity contribution is 7.99. The van der Waals surface area contributed by atoms with Gasteiger partial charge in [-0.1, -0.05) is 36.4 Å². The van der Waals surface area contributed by atoms with Crippen LogP contribution in [0.15, 0.2) is 46.5 Å². The molecule has 0 aliphatic carbocycles. The normalized spacial score (nSPS) is 10.4. The molecule has 1 aromatic heterocycles. The van der Waals surface area contributed by atoms with Gasteiger partial charge in [-0.3, -0.25) is 10.1 Å². The summed E-state index contributed by atoms with van der Waals surface area (Å²) in [4.78, 5) is 15.7. The lowest BCUT2D eigenvalue weighted by Gasteiger charge is -2.09. The summed E-state index contributed by atoms with van der Waals surface area (Å²) >= 11 is 7.04. The van der Waals surface area contributed by atoms with E-state index in [1.807, 2.05) is 6.92 Å². The van der Waals surface area contributed by atoms with E-state index in [9.17, 15) is 10.1 Å². The number of halogens is 1. The zero-order chi connectivity index (χ0) is 15.2. The highest BCUT2D eigenvalue weighted by atomic mass is 35.5. The van der Waals surface area contributed by atoms with Gasteiger partial charge in [0.05, 0.1) is 14.8 Å². The molecule has 0 fully saturated rings. The lowest BCUT2D eigenvalue weighted by atomic mass is 10.2. The second-order valence-electron chi connectivity index (χ2n) is 4.25. The molecular formula is C14H14ClN3O2S. The highest BCUT2D eigenvalue weighted by Crippen LogP contribution is 2.38. The smallest absolute Gasteiger partial charge is 0.306 e. The average Bonchev–Trinajstić information content (AvgIpc) is 2.47. The molecule has 110 valence electrons. The lowest BCUT2D eigenvalue weighted by molar-refractivity contribution is -0.386. The fourth-order valence-corrected chi connectivity index (χ4v) is 2.74. The van der Waals surface area contributed by atoms with Gasteiger partial charge < -0.3 is 5.32 Å². The summed E-state index contributed by atoms with van der Waals surface area (Å²) in [6.07, 6.45) is 2.42. The van der Waals surface area contributed by atoms with E-state index in [0.717, 1.165) is 6.42 Å². The minimum absolute atomic E-state index is 0.0766. The minimum Gasteiger partial charge on any atom is -0.379 e. The van der Waals surface area contributed by atoms with Crippen LogP contribution in [0.5, 0.6) is 0 Å². The molecule has 0 radical (unpaired) electrons. The van der Waals surface area contributed by atoms with Crippen molar-refractivity contribution in [3.05, 3.63) is 51.7 Å². The summed E-state index contributed by atoms with van der Waals surface area (Å²) in [6, 6.07) is 8.68. The second kappa shape index (κ2) is 7.28. The van der Waals surface area contributed by atoms with E-state index in [0.29, 0.717) is 27.2 Å². The summed E-state index contributed by atoms with van der Waals surface area (Å²) in [6.45, 7) is 2.70. The van der Waals surface area contributed by atoms with Crippen LogP contribution < -0.4 is 5.32 Å². The van der Waals surface area contributed by atoms with Gasteiger partial charge in [0.15, 0.2) is 0 Å². The molecule has 0 bridgehead atoms. The first-order valence-corrected chi connectivity index (χ1v) is 7.62. The SMILES string of the molecule is CCCNc1cccc(Sc2ccc(Cl)cn2)c1[N+](=O)[O-]. The number of nitrogens with zero attached hydrogens (tertiary/aromatic N) is 2. The van der Waals surface area contributed by atoms with Gasteiger partial charge in [-0.25, -0.2) is 4.98 Å². The number of hydrogen-bond acceptors (Lipinski definition) is 5. The van der Waals surface area contributed by atoms with Crippen LogP contribution in [0.3, 0.4) is 0 Å². The third kappa shape index (κ3) is 4.09. The molecule has 0 saturated heterocycles. The Morgan fingerprint density at radius 1 is 1.38 bits per heavy atom. The summed E-state index contributed by atoms with van der Waals surface area (Å²) in [7, 11) is 0. The lowest BCUT2D eigenvalue weighted by Crippen LogP contribution is -2.04. The molecule has 0 amide bonds. The number of rotatable bonds is 6. The van der Waals surface area contributed by atoms with E-state index in [-0.39, 0.29) is 10.6 Å². The van der Waals surface area contributed by atoms with Crippen LogP contribution in [0.4, 0.5) is 11.4 Å². The van der Waals surface area contributed by atoms with Crippen LogP contribution in [0, 0.1) is 10.1 Å². The van der Waals surface area contributed by atoms with Crippen molar-refractivity contribution in [1.29, 1.82) is 0 Å². The average molecular weight is 324 g/mol. The zero-order valence-corrected chi connectivity index (χ0v) is 12.9.